The van der Waals surface area contributed by atoms with Crippen LogP contribution in [0.15, 0.2) is 6.20 Å². The summed E-state index contributed by atoms with van der Waals surface area (Å²) >= 11 is 0. The molecule has 0 saturated carbocycles. The standard InChI is InChI=1S/C14H24N4O/c1-14(2,3)10-5-7-18(8-6-10)13(19)11-9-16-17(4)12(11)15/h9-10H,5-8,15H2,1-4H3. The van der Waals surface area contributed by atoms with E-state index in [-0.39, 0.29) is 5.91 Å². The number of aryl methyl sites for hydroxylation is 1. The summed E-state index contributed by atoms with van der Waals surface area (Å²) in [5, 5.41) is 4.03. The molecule has 1 aliphatic heterocycles. The number of anilines is 1. The van der Waals surface area contributed by atoms with Crippen molar-refractivity contribution in [3.05, 3.63) is 11.8 Å². The van der Waals surface area contributed by atoms with Gasteiger partial charge in [0.15, 0.2) is 0 Å². The molecule has 0 bridgehead atoms. The van der Waals surface area contributed by atoms with Crippen LogP contribution >= 0.6 is 0 Å². The first kappa shape index (κ1) is 13.9. The summed E-state index contributed by atoms with van der Waals surface area (Å²) in [5.74, 6) is 1.14. The predicted octanol–water partition coefficient (Wildman–Crippen LogP) is 1.90. The molecule has 1 fully saturated rings. The van der Waals surface area contributed by atoms with Gasteiger partial charge in [-0.15, -0.1) is 0 Å². The lowest BCUT2D eigenvalue weighted by molar-refractivity contribution is 0.0609. The van der Waals surface area contributed by atoms with Crippen molar-refractivity contribution in [1.29, 1.82) is 0 Å². The lowest BCUT2D eigenvalue weighted by Crippen LogP contribution is -2.41. The lowest BCUT2D eigenvalue weighted by Gasteiger charge is -2.38. The van der Waals surface area contributed by atoms with E-state index in [1.165, 1.54) is 4.68 Å². The van der Waals surface area contributed by atoms with Gasteiger partial charge in [0.25, 0.3) is 5.91 Å². The van der Waals surface area contributed by atoms with E-state index in [1.807, 2.05) is 4.90 Å². The van der Waals surface area contributed by atoms with E-state index < -0.39 is 0 Å². The summed E-state index contributed by atoms with van der Waals surface area (Å²) in [7, 11) is 1.75. The SMILES string of the molecule is Cn1ncc(C(=O)N2CCC(C(C)(C)C)CC2)c1N. The Morgan fingerprint density at radius 3 is 2.37 bits per heavy atom. The molecule has 1 aromatic heterocycles. The number of likely N-dealkylation sites (tertiary alicyclic amines) is 1. The summed E-state index contributed by atoms with van der Waals surface area (Å²) in [5.41, 5.74) is 6.71. The third-order valence-corrected chi connectivity index (χ3v) is 4.22. The fourth-order valence-electron chi connectivity index (χ4n) is 2.73. The van der Waals surface area contributed by atoms with Crippen LogP contribution in [-0.2, 0) is 7.05 Å². The van der Waals surface area contributed by atoms with Gasteiger partial charge in [0.05, 0.1) is 6.20 Å². The molecule has 2 N–H and O–H groups in total. The zero-order valence-corrected chi connectivity index (χ0v) is 12.3. The van der Waals surface area contributed by atoms with E-state index >= 15 is 0 Å². The third-order valence-electron chi connectivity index (χ3n) is 4.22. The number of nitrogens with zero attached hydrogens (tertiary/aromatic N) is 3. The Morgan fingerprint density at radius 2 is 1.95 bits per heavy atom. The van der Waals surface area contributed by atoms with Crippen LogP contribution in [0.2, 0.25) is 0 Å². The van der Waals surface area contributed by atoms with Crippen LogP contribution in [0.5, 0.6) is 0 Å². The smallest absolute Gasteiger partial charge is 0.259 e. The molecule has 1 saturated heterocycles. The summed E-state index contributed by atoms with van der Waals surface area (Å²) in [6, 6.07) is 0. The average Bonchev–Trinajstić information content (AvgIpc) is 2.68. The molecule has 2 heterocycles. The van der Waals surface area contributed by atoms with Crippen LogP contribution < -0.4 is 5.73 Å². The van der Waals surface area contributed by atoms with E-state index in [2.05, 4.69) is 25.9 Å². The van der Waals surface area contributed by atoms with E-state index in [0.717, 1.165) is 25.9 Å². The second kappa shape index (κ2) is 4.87. The fraction of sp³-hybridized carbons (Fsp3) is 0.714. The highest BCUT2D eigenvalue weighted by atomic mass is 16.2. The average molecular weight is 264 g/mol. The Balaban J connectivity index is 2.02. The molecular weight excluding hydrogens is 240 g/mol. The van der Waals surface area contributed by atoms with Crippen molar-refractivity contribution in [2.24, 2.45) is 18.4 Å². The van der Waals surface area contributed by atoms with Crippen LogP contribution in [0.4, 0.5) is 5.82 Å². The summed E-state index contributed by atoms with van der Waals surface area (Å²) in [4.78, 5) is 14.3. The van der Waals surface area contributed by atoms with Gasteiger partial charge in [0.2, 0.25) is 0 Å². The van der Waals surface area contributed by atoms with Crippen LogP contribution in [0.1, 0.15) is 44.0 Å². The van der Waals surface area contributed by atoms with E-state index in [0.29, 0.717) is 22.7 Å². The minimum absolute atomic E-state index is 0.0120. The number of piperidine rings is 1. The highest BCUT2D eigenvalue weighted by Gasteiger charge is 2.31. The van der Waals surface area contributed by atoms with Gasteiger partial charge in [-0.2, -0.15) is 5.10 Å². The topological polar surface area (TPSA) is 64.2 Å². The molecule has 0 aromatic carbocycles. The zero-order chi connectivity index (χ0) is 14.2. The van der Waals surface area contributed by atoms with Crippen molar-refractivity contribution in [2.75, 3.05) is 18.8 Å². The van der Waals surface area contributed by atoms with Crippen LogP contribution in [0.3, 0.4) is 0 Å². The minimum Gasteiger partial charge on any atom is -0.383 e. The number of carbonyl (C=O) groups is 1. The number of hydrogen-bond donors (Lipinski definition) is 1. The van der Waals surface area contributed by atoms with Gasteiger partial charge in [-0.25, -0.2) is 0 Å². The molecule has 19 heavy (non-hydrogen) atoms. The highest BCUT2D eigenvalue weighted by Crippen LogP contribution is 2.34. The molecule has 5 heteroatoms. The van der Waals surface area contributed by atoms with Crippen LogP contribution in [0, 0.1) is 11.3 Å². The molecule has 0 atom stereocenters. The first-order chi connectivity index (χ1) is 8.80. The number of carbonyl (C=O) groups excluding carboxylic acids is 1. The number of rotatable bonds is 1. The zero-order valence-electron chi connectivity index (χ0n) is 12.3. The van der Waals surface area contributed by atoms with Gasteiger partial charge in [0, 0.05) is 20.1 Å². The number of nitrogens with two attached hydrogens (primary N) is 1. The Bertz CT molecular complexity index is 464. The largest absolute Gasteiger partial charge is 0.383 e. The molecule has 1 amide bonds. The van der Waals surface area contributed by atoms with Crippen LogP contribution in [-0.4, -0.2) is 33.7 Å². The molecule has 0 spiro atoms. The quantitative estimate of drug-likeness (QED) is 0.842. The Hall–Kier alpha value is -1.52. The minimum atomic E-state index is 0.0120. The Kier molecular flexibility index (Phi) is 3.56. The fourth-order valence-corrected chi connectivity index (χ4v) is 2.73. The second-order valence-corrected chi connectivity index (χ2v) is 6.50. The van der Waals surface area contributed by atoms with Gasteiger partial charge in [-0.05, 0) is 24.2 Å². The number of aromatic nitrogens is 2. The number of amides is 1. The van der Waals surface area contributed by atoms with Gasteiger partial charge >= 0.3 is 0 Å². The monoisotopic (exact) mass is 264 g/mol. The van der Waals surface area contributed by atoms with E-state index in [4.69, 9.17) is 5.73 Å². The van der Waals surface area contributed by atoms with Gasteiger partial charge in [-0.1, -0.05) is 20.8 Å². The Morgan fingerprint density at radius 1 is 1.37 bits per heavy atom. The molecule has 0 unspecified atom stereocenters. The molecule has 0 aliphatic carbocycles. The lowest BCUT2D eigenvalue weighted by atomic mass is 9.75. The van der Waals surface area contributed by atoms with Crippen molar-refractivity contribution in [3.8, 4) is 0 Å². The maximum atomic E-state index is 12.4. The molecular formula is C14H24N4O. The molecule has 106 valence electrons. The first-order valence-electron chi connectivity index (χ1n) is 6.87. The van der Waals surface area contributed by atoms with Gasteiger partial charge < -0.3 is 10.6 Å². The van der Waals surface area contributed by atoms with Crippen molar-refractivity contribution < 1.29 is 4.79 Å². The van der Waals surface area contributed by atoms with E-state index in [9.17, 15) is 4.79 Å². The number of nitrogen functional groups attached to an aromatic ring is 1. The van der Waals surface area contributed by atoms with Gasteiger partial charge in [0.1, 0.15) is 11.4 Å². The Labute approximate surface area is 114 Å². The number of hydrogen-bond acceptors (Lipinski definition) is 3. The van der Waals surface area contributed by atoms with Crippen LogP contribution in [0.25, 0.3) is 0 Å². The summed E-state index contributed by atoms with van der Waals surface area (Å²) in [6.45, 7) is 8.45. The second-order valence-electron chi connectivity index (χ2n) is 6.50. The molecule has 0 radical (unpaired) electrons. The molecule has 5 nitrogen and oxygen atoms in total. The summed E-state index contributed by atoms with van der Waals surface area (Å²) in [6.07, 6.45) is 3.69. The van der Waals surface area contributed by atoms with Crippen molar-refractivity contribution in [3.63, 3.8) is 0 Å². The maximum absolute atomic E-state index is 12.4. The van der Waals surface area contributed by atoms with Gasteiger partial charge in [-0.3, -0.25) is 9.48 Å². The molecule has 1 aromatic rings. The maximum Gasteiger partial charge on any atom is 0.259 e. The third kappa shape index (κ3) is 2.74. The predicted molar refractivity (Wildman–Crippen MR) is 75.7 cm³/mol. The summed E-state index contributed by atoms with van der Waals surface area (Å²) < 4.78 is 1.54. The van der Waals surface area contributed by atoms with E-state index in [1.54, 1.807) is 13.2 Å². The first-order valence-corrected chi connectivity index (χ1v) is 6.87. The van der Waals surface area contributed by atoms with Crippen molar-refractivity contribution in [2.45, 2.75) is 33.6 Å². The molecule has 2 rings (SSSR count). The van der Waals surface area contributed by atoms with Crippen molar-refractivity contribution in [1.82, 2.24) is 14.7 Å². The van der Waals surface area contributed by atoms with Crippen molar-refractivity contribution >= 4 is 11.7 Å². The normalized spacial score (nSPS) is 17.8. The highest BCUT2D eigenvalue weighted by molar-refractivity contribution is 5.98. The molecule has 1 aliphatic rings.